The first-order valence-electron chi connectivity index (χ1n) is 2.02. The Labute approximate surface area is 54.3 Å². The summed E-state index contributed by atoms with van der Waals surface area (Å²) in [4.78, 5) is 0. The van der Waals surface area contributed by atoms with E-state index in [4.69, 9.17) is 5.11 Å². The summed E-state index contributed by atoms with van der Waals surface area (Å²) < 4.78 is 0. The van der Waals surface area contributed by atoms with Crippen molar-refractivity contribution in [2.75, 3.05) is 6.61 Å². The quantitative estimate of drug-likeness (QED) is 0.773. The van der Waals surface area contributed by atoms with Gasteiger partial charge in [-0.2, -0.15) is 0 Å². The molecule has 6 heavy (non-hydrogen) atoms. The fraction of sp³-hybridized carbons (Fsp3) is 1.00. The van der Waals surface area contributed by atoms with Crippen molar-refractivity contribution in [3.05, 3.63) is 0 Å². The van der Waals surface area contributed by atoms with Crippen LogP contribution in [-0.2, 0) is 22.4 Å². The molecule has 0 unspecified atom stereocenters. The van der Waals surface area contributed by atoms with Crippen LogP contribution in [0.4, 0.5) is 0 Å². The summed E-state index contributed by atoms with van der Waals surface area (Å²) >= 11 is 0. The Morgan fingerprint density at radius 2 is 2.00 bits per heavy atom. The molecule has 0 aliphatic carbocycles. The second-order valence-electron chi connectivity index (χ2n) is 1.08. The van der Waals surface area contributed by atoms with Crippen molar-refractivity contribution < 1.29 is 27.5 Å². The fourth-order valence-corrected chi connectivity index (χ4v) is 0.158. The Morgan fingerprint density at radius 3 is 2.00 bits per heavy atom. The largest absolute Gasteiger partial charge is 2.00 e. The number of aliphatic hydroxyl groups is 1. The number of unbranched alkanes of at least 4 members (excludes halogenated alkanes) is 1. The Morgan fingerprint density at radius 1 is 1.50 bits per heavy atom. The van der Waals surface area contributed by atoms with E-state index in [1.54, 1.807) is 0 Å². The Kier molecular flexibility index (Phi) is 15.1. The molecule has 35 valence electrons. The van der Waals surface area contributed by atoms with Gasteiger partial charge in [0.1, 0.15) is 0 Å². The van der Waals surface area contributed by atoms with Crippen LogP contribution in [-0.4, -0.2) is 11.7 Å². The molecule has 0 aliphatic rings. The standard InChI is InChI=1S/C4H10O.Ta/c1-2-3-4-5;/h5H,2-4H2,1H3;/q;+2. The topological polar surface area (TPSA) is 20.2 Å². The van der Waals surface area contributed by atoms with Crippen molar-refractivity contribution in [3.63, 3.8) is 0 Å². The van der Waals surface area contributed by atoms with Gasteiger partial charge in [-0.15, -0.1) is 0 Å². The molecule has 0 rings (SSSR count). The molecule has 0 heterocycles. The van der Waals surface area contributed by atoms with Gasteiger partial charge >= 0.3 is 22.4 Å². The molecule has 0 saturated carbocycles. The third-order valence-electron chi connectivity index (χ3n) is 0.512. The van der Waals surface area contributed by atoms with Crippen LogP contribution in [0.2, 0.25) is 0 Å². The van der Waals surface area contributed by atoms with Crippen LogP contribution in [0.25, 0.3) is 0 Å². The Hall–Kier alpha value is 0.700. The zero-order chi connectivity index (χ0) is 4.12. The predicted molar refractivity (Wildman–Crippen MR) is 22.0 cm³/mol. The van der Waals surface area contributed by atoms with E-state index in [0.29, 0.717) is 6.61 Å². The molecule has 0 atom stereocenters. The van der Waals surface area contributed by atoms with Crippen LogP contribution in [0, 0.1) is 0 Å². The van der Waals surface area contributed by atoms with Gasteiger partial charge in [0.2, 0.25) is 0 Å². The zero-order valence-electron chi connectivity index (χ0n) is 4.02. The summed E-state index contributed by atoms with van der Waals surface area (Å²) in [7, 11) is 0. The third-order valence-corrected chi connectivity index (χ3v) is 0.512. The maximum atomic E-state index is 8.07. The van der Waals surface area contributed by atoms with Gasteiger partial charge in [-0.25, -0.2) is 0 Å². The van der Waals surface area contributed by atoms with E-state index in [9.17, 15) is 0 Å². The van der Waals surface area contributed by atoms with Crippen molar-refractivity contribution in [2.45, 2.75) is 19.8 Å². The maximum Gasteiger partial charge on any atom is 2.00 e. The van der Waals surface area contributed by atoms with E-state index in [-0.39, 0.29) is 22.4 Å². The second-order valence-corrected chi connectivity index (χ2v) is 1.08. The SMILES string of the molecule is CCCCO.[Ta+2]. The molecule has 1 nitrogen and oxygen atoms in total. The van der Waals surface area contributed by atoms with Crippen LogP contribution in [0.5, 0.6) is 0 Å². The number of aliphatic hydroxyl groups excluding tert-OH is 1. The van der Waals surface area contributed by atoms with Gasteiger partial charge in [-0.1, -0.05) is 13.3 Å². The van der Waals surface area contributed by atoms with Crippen LogP contribution >= 0.6 is 0 Å². The summed E-state index contributed by atoms with van der Waals surface area (Å²) in [6.45, 7) is 2.40. The average molecular weight is 255 g/mol. The molecule has 0 aromatic rings. The second kappa shape index (κ2) is 9.20. The van der Waals surface area contributed by atoms with E-state index in [1.165, 1.54) is 0 Å². The van der Waals surface area contributed by atoms with Gasteiger partial charge in [0.15, 0.2) is 0 Å². The summed E-state index contributed by atoms with van der Waals surface area (Å²) in [5.74, 6) is 0. The van der Waals surface area contributed by atoms with Gasteiger partial charge < -0.3 is 5.11 Å². The molecule has 2 heteroatoms. The molecule has 0 spiro atoms. The first-order valence-corrected chi connectivity index (χ1v) is 2.02. The number of hydrogen-bond donors (Lipinski definition) is 1. The monoisotopic (exact) mass is 255 g/mol. The molecule has 0 fully saturated rings. The van der Waals surface area contributed by atoms with Crippen molar-refractivity contribution in [2.24, 2.45) is 0 Å². The maximum absolute atomic E-state index is 8.07. The molecule has 0 aromatic heterocycles. The van der Waals surface area contributed by atoms with E-state index >= 15 is 0 Å². The summed E-state index contributed by atoms with van der Waals surface area (Å²) in [5, 5.41) is 8.07. The smallest absolute Gasteiger partial charge is 0.396 e. The van der Waals surface area contributed by atoms with E-state index in [1.807, 2.05) is 0 Å². The van der Waals surface area contributed by atoms with Crippen molar-refractivity contribution >= 4 is 0 Å². The molecule has 0 aliphatic heterocycles. The van der Waals surface area contributed by atoms with Gasteiger partial charge in [0.25, 0.3) is 0 Å². The Balaban J connectivity index is 0. The Bertz CT molecular complexity index is 15.0. The van der Waals surface area contributed by atoms with Gasteiger partial charge in [-0.05, 0) is 6.42 Å². The van der Waals surface area contributed by atoms with Gasteiger partial charge in [-0.3, -0.25) is 0 Å². The predicted octanol–water partition coefficient (Wildman–Crippen LogP) is 0.776. The van der Waals surface area contributed by atoms with E-state index < -0.39 is 0 Å². The molecule has 0 bridgehead atoms. The first-order chi connectivity index (χ1) is 2.41. The fourth-order valence-electron chi connectivity index (χ4n) is 0.158. The summed E-state index contributed by atoms with van der Waals surface area (Å²) in [5.41, 5.74) is 0. The number of rotatable bonds is 2. The zero-order valence-corrected chi connectivity index (χ0v) is 7.23. The van der Waals surface area contributed by atoms with E-state index in [0.717, 1.165) is 12.8 Å². The number of hydrogen-bond acceptors (Lipinski definition) is 1. The van der Waals surface area contributed by atoms with Crippen LogP contribution < -0.4 is 0 Å². The average Bonchev–Trinajstić information content (AvgIpc) is 1.41. The summed E-state index contributed by atoms with van der Waals surface area (Å²) in [6.07, 6.45) is 2.04. The molecule has 1 N–H and O–H groups in total. The molecule has 0 aromatic carbocycles. The van der Waals surface area contributed by atoms with Crippen LogP contribution in [0.3, 0.4) is 0 Å². The molecular weight excluding hydrogens is 245 g/mol. The summed E-state index contributed by atoms with van der Waals surface area (Å²) in [6, 6.07) is 0. The normalized spacial score (nSPS) is 7.00. The van der Waals surface area contributed by atoms with Crippen molar-refractivity contribution in [1.29, 1.82) is 0 Å². The van der Waals surface area contributed by atoms with Crippen LogP contribution in [0.1, 0.15) is 19.8 Å². The van der Waals surface area contributed by atoms with Gasteiger partial charge in [0.05, 0.1) is 0 Å². The van der Waals surface area contributed by atoms with Gasteiger partial charge in [0, 0.05) is 6.61 Å². The minimum atomic E-state index is 0. The van der Waals surface area contributed by atoms with Crippen LogP contribution in [0.15, 0.2) is 0 Å². The van der Waals surface area contributed by atoms with Crippen molar-refractivity contribution in [3.8, 4) is 0 Å². The third kappa shape index (κ3) is 8.83. The molecule has 1 radical (unpaired) electrons. The first kappa shape index (κ1) is 9.85. The molecule has 0 amide bonds. The molecular formula is C4H10OTa+2. The van der Waals surface area contributed by atoms with Crippen molar-refractivity contribution in [1.82, 2.24) is 0 Å². The minimum absolute atomic E-state index is 0. The molecule has 0 saturated heterocycles. The minimum Gasteiger partial charge on any atom is -0.396 e. The van der Waals surface area contributed by atoms with E-state index in [2.05, 4.69) is 6.92 Å².